The SMILES string of the molecule is Cc1cccc(-n2nnnc2SCC(=O)N(C)[C@@H](C)c2ccccc2)c1C. The van der Waals surface area contributed by atoms with Crippen LogP contribution in [0.15, 0.2) is 53.7 Å². The first-order valence-corrected chi connectivity index (χ1v) is 9.76. The molecule has 0 radical (unpaired) electrons. The third-order valence-electron chi connectivity index (χ3n) is 4.83. The van der Waals surface area contributed by atoms with Crippen LogP contribution >= 0.6 is 11.8 Å². The monoisotopic (exact) mass is 381 g/mol. The summed E-state index contributed by atoms with van der Waals surface area (Å²) in [4.78, 5) is 14.4. The minimum Gasteiger partial charge on any atom is -0.338 e. The van der Waals surface area contributed by atoms with Crippen LogP contribution in [0.3, 0.4) is 0 Å². The van der Waals surface area contributed by atoms with Crippen LogP contribution in [0.5, 0.6) is 0 Å². The molecule has 0 bridgehead atoms. The predicted octanol–water partition coefficient (Wildman–Crippen LogP) is 3.59. The molecule has 7 heteroatoms. The fourth-order valence-electron chi connectivity index (χ4n) is 2.78. The molecule has 27 heavy (non-hydrogen) atoms. The molecule has 0 N–H and O–H groups in total. The highest BCUT2D eigenvalue weighted by atomic mass is 32.2. The zero-order valence-corrected chi connectivity index (χ0v) is 16.8. The summed E-state index contributed by atoms with van der Waals surface area (Å²) in [5.74, 6) is 0.311. The molecule has 0 saturated heterocycles. The molecule has 0 fully saturated rings. The van der Waals surface area contributed by atoms with Crippen molar-refractivity contribution in [3.8, 4) is 5.69 Å². The molecule has 3 rings (SSSR count). The van der Waals surface area contributed by atoms with E-state index in [1.165, 1.54) is 17.3 Å². The Balaban J connectivity index is 1.70. The minimum absolute atomic E-state index is 0.00862. The minimum atomic E-state index is 0.00862. The summed E-state index contributed by atoms with van der Waals surface area (Å²) in [6, 6.07) is 16.0. The second-order valence-electron chi connectivity index (χ2n) is 6.47. The van der Waals surface area contributed by atoms with Crippen LogP contribution in [0.2, 0.25) is 0 Å². The van der Waals surface area contributed by atoms with Gasteiger partial charge in [0.1, 0.15) is 0 Å². The normalized spacial score (nSPS) is 12.0. The van der Waals surface area contributed by atoms with Gasteiger partial charge in [-0.25, -0.2) is 0 Å². The Hall–Kier alpha value is -2.67. The molecule has 1 heterocycles. The summed E-state index contributed by atoms with van der Waals surface area (Å²) in [7, 11) is 1.83. The van der Waals surface area contributed by atoms with Crippen LogP contribution in [0.4, 0.5) is 0 Å². The third kappa shape index (κ3) is 4.19. The highest BCUT2D eigenvalue weighted by molar-refractivity contribution is 7.99. The van der Waals surface area contributed by atoms with Gasteiger partial charge < -0.3 is 4.90 Å². The fraction of sp³-hybridized carbons (Fsp3) is 0.300. The number of rotatable bonds is 6. The van der Waals surface area contributed by atoms with Crippen LogP contribution in [-0.4, -0.2) is 43.8 Å². The first-order chi connectivity index (χ1) is 13.0. The fourth-order valence-corrected chi connectivity index (χ4v) is 3.59. The maximum Gasteiger partial charge on any atom is 0.233 e. The third-order valence-corrected chi connectivity index (χ3v) is 5.73. The smallest absolute Gasteiger partial charge is 0.233 e. The number of benzene rings is 2. The van der Waals surface area contributed by atoms with Crippen LogP contribution in [-0.2, 0) is 4.79 Å². The lowest BCUT2D eigenvalue weighted by atomic mass is 10.1. The van der Waals surface area contributed by atoms with E-state index >= 15 is 0 Å². The van der Waals surface area contributed by atoms with Gasteiger partial charge in [-0.15, -0.1) is 5.10 Å². The van der Waals surface area contributed by atoms with E-state index in [0.717, 1.165) is 16.8 Å². The Bertz CT molecular complexity index is 925. The van der Waals surface area contributed by atoms with Gasteiger partial charge in [0, 0.05) is 7.05 Å². The Labute approximate surface area is 163 Å². The van der Waals surface area contributed by atoms with E-state index in [-0.39, 0.29) is 17.7 Å². The molecule has 3 aromatic rings. The molecule has 140 valence electrons. The molecule has 1 amide bonds. The van der Waals surface area contributed by atoms with Crippen molar-refractivity contribution < 1.29 is 4.79 Å². The lowest BCUT2D eigenvalue weighted by Gasteiger charge is -2.25. The quantitative estimate of drug-likeness (QED) is 0.611. The van der Waals surface area contributed by atoms with Crippen molar-refractivity contribution in [1.29, 1.82) is 0 Å². The molecule has 1 atom stereocenters. The summed E-state index contributed by atoms with van der Waals surface area (Å²) in [5, 5.41) is 12.6. The molecular weight excluding hydrogens is 358 g/mol. The maximum absolute atomic E-state index is 12.6. The average Bonchev–Trinajstić information content (AvgIpc) is 3.16. The van der Waals surface area contributed by atoms with E-state index in [1.54, 1.807) is 9.58 Å². The van der Waals surface area contributed by atoms with Gasteiger partial charge in [-0.2, -0.15) is 4.68 Å². The van der Waals surface area contributed by atoms with Crippen molar-refractivity contribution in [2.75, 3.05) is 12.8 Å². The molecule has 0 aliphatic rings. The number of carbonyl (C=O) groups is 1. The van der Waals surface area contributed by atoms with Crippen molar-refractivity contribution in [3.05, 3.63) is 65.2 Å². The van der Waals surface area contributed by atoms with Crippen LogP contribution in [0, 0.1) is 13.8 Å². The highest BCUT2D eigenvalue weighted by Crippen LogP contribution is 2.24. The molecule has 0 spiro atoms. The van der Waals surface area contributed by atoms with Gasteiger partial charge in [0.2, 0.25) is 11.1 Å². The average molecular weight is 382 g/mol. The molecule has 2 aromatic carbocycles. The van der Waals surface area contributed by atoms with Crippen LogP contribution in [0.25, 0.3) is 5.69 Å². The Kier molecular flexibility index (Phi) is 5.91. The molecule has 0 unspecified atom stereocenters. The summed E-state index contributed by atoms with van der Waals surface area (Å²) >= 11 is 1.35. The second kappa shape index (κ2) is 8.35. The Morgan fingerprint density at radius 1 is 1.15 bits per heavy atom. The first-order valence-electron chi connectivity index (χ1n) is 8.77. The summed E-state index contributed by atoms with van der Waals surface area (Å²) in [6.07, 6.45) is 0. The number of nitrogens with zero attached hydrogens (tertiary/aromatic N) is 5. The number of hydrogen-bond acceptors (Lipinski definition) is 5. The Morgan fingerprint density at radius 3 is 2.63 bits per heavy atom. The van der Waals surface area contributed by atoms with E-state index in [9.17, 15) is 4.79 Å². The van der Waals surface area contributed by atoms with Gasteiger partial charge in [0.05, 0.1) is 17.5 Å². The van der Waals surface area contributed by atoms with Crippen molar-refractivity contribution in [1.82, 2.24) is 25.1 Å². The number of carbonyl (C=O) groups excluding carboxylic acids is 1. The lowest BCUT2D eigenvalue weighted by Crippen LogP contribution is -2.31. The number of tetrazole rings is 1. The topological polar surface area (TPSA) is 63.9 Å². The van der Waals surface area contributed by atoms with Gasteiger partial charge in [-0.1, -0.05) is 54.2 Å². The van der Waals surface area contributed by atoms with Gasteiger partial charge in [-0.3, -0.25) is 4.79 Å². The number of aryl methyl sites for hydroxylation is 1. The molecular formula is C20H23N5OS. The summed E-state index contributed by atoms with van der Waals surface area (Å²) in [6.45, 7) is 6.12. The molecule has 0 aliphatic heterocycles. The van der Waals surface area contributed by atoms with Gasteiger partial charge in [0.15, 0.2) is 0 Å². The van der Waals surface area contributed by atoms with Crippen molar-refractivity contribution in [2.24, 2.45) is 0 Å². The Morgan fingerprint density at radius 2 is 1.89 bits per heavy atom. The van der Waals surface area contributed by atoms with Gasteiger partial charge >= 0.3 is 0 Å². The molecule has 0 aliphatic carbocycles. The van der Waals surface area contributed by atoms with Crippen molar-refractivity contribution in [3.63, 3.8) is 0 Å². The van der Waals surface area contributed by atoms with Gasteiger partial charge in [0.25, 0.3) is 0 Å². The van der Waals surface area contributed by atoms with E-state index < -0.39 is 0 Å². The summed E-state index contributed by atoms with van der Waals surface area (Å²) < 4.78 is 1.70. The zero-order valence-electron chi connectivity index (χ0n) is 16.0. The molecule has 1 aromatic heterocycles. The number of hydrogen-bond donors (Lipinski definition) is 0. The number of thioether (sulfide) groups is 1. The largest absolute Gasteiger partial charge is 0.338 e. The maximum atomic E-state index is 12.6. The first kappa shape index (κ1) is 19.1. The highest BCUT2D eigenvalue weighted by Gasteiger charge is 2.19. The van der Waals surface area contributed by atoms with Crippen molar-refractivity contribution in [2.45, 2.75) is 32.0 Å². The summed E-state index contributed by atoms with van der Waals surface area (Å²) in [5.41, 5.74) is 4.33. The standard InChI is InChI=1S/C20H23N5OS/c1-14-9-8-12-18(15(14)2)25-20(21-22-23-25)27-13-19(26)24(4)16(3)17-10-6-5-7-11-17/h5-12,16H,13H2,1-4H3/t16-/m0/s1. The molecule has 0 saturated carbocycles. The predicted molar refractivity (Wildman–Crippen MR) is 107 cm³/mol. The number of amides is 1. The van der Waals surface area contributed by atoms with Crippen molar-refractivity contribution >= 4 is 17.7 Å². The van der Waals surface area contributed by atoms with Crippen LogP contribution < -0.4 is 0 Å². The number of aromatic nitrogens is 4. The zero-order chi connectivity index (χ0) is 19.4. The lowest BCUT2D eigenvalue weighted by molar-refractivity contribution is -0.128. The van der Waals surface area contributed by atoms with E-state index in [1.807, 2.05) is 63.4 Å². The van der Waals surface area contributed by atoms with Crippen LogP contribution in [0.1, 0.15) is 29.7 Å². The van der Waals surface area contributed by atoms with Gasteiger partial charge in [-0.05, 0) is 54.0 Å². The molecule has 6 nitrogen and oxygen atoms in total. The van der Waals surface area contributed by atoms with E-state index in [0.29, 0.717) is 5.16 Å². The van der Waals surface area contributed by atoms with E-state index in [4.69, 9.17) is 0 Å². The van der Waals surface area contributed by atoms with E-state index in [2.05, 4.69) is 28.5 Å². The second-order valence-corrected chi connectivity index (χ2v) is 7.41.